The lowest BCUT2D eigenvalue weighted by molar-refractivity contribution is -0.383. The van der Waals surface area contributed by atoms with Gasteiger partial charge in [0.2, 0.25) is 0 Å². The van der Waals surface area contributed by atoms with Crippen LogP contribution in [0.4, 0.5) is 11.4 Å². The average Bonchev–Trinajstić information content (AvgIpc) is 2.60. The fourth-order valence-corrected chi connectivity index (χ4v) is 2.57. The normalized spacial score (nSPS) is 12.0. The maximum atomic E-state index is 11.1. The number of anilines is 1. The van der Waals surface area contributed by atoms with E-state index in [9.17, 15) is 15.2 Å². The molecule has 0 aliphatic heterocycles. The lowest BCUT2D eigenvalue weighted by Crippen LogP contribution is -2.15. The summed E-state index contributed by atoms with van der Waals surface area (Å²) in [4.78, 5) is 14.7. The number of pyridine rings is 1. The smallest absolute Gasteiger partial charge is 0.278 e. The molecule has 2 N–H and O–H groups in total. The molecule has 2 aromatic carbocycles. The first-order valence-corrected chi connectivity index (χ1v) is 7.14. The molecule has 0 spiro atoms. The van der Waals surface area contributed by atoms with E-state index in [1.807, 2.05) is 30.3 Å². The summed E-state index contributed by atoms with van der Waals surface area (Å²) in [6.45, 7) is -0.0897. The van der Waals surface area contributed by atoms with Crippen LogP contribution in [0.3, 0.4) is 0 Å². The number of benzene rings is 2. The molecule has 0 saturated heterocycles. The average molecular weight is 309 g/mol. The maximum absolute atomic E-state index is 11.1. The van der Waals surface area contributed by atoms with Gasteiger partial charge in [-0.05, 0) is 17.7 Å². The lowest BCUT2D eigenvalue weighted by Gasteiger charge is -2.19. The third-order valence-electron chi connectivity index (χ3n) is 3.71. The van der Waals surface area contributed by atoms with E-state index in [0.29, 0.717) is 10.8 Å². The summed E-state index contributed by atoms with van der Waals surface area (Å²) in [6.07, 6.45) is 3.07. The van der Waals surface area contributed by atoms with Crippen LogP contribution in [0.15, 0.2) is 60.9 Å². The predicted molar refractivity (Wildman–Crippen MR) is 88.3 cm³/mol. The summed E-state index contributed by atoms with van der Waals surface area (Å²) in [7, 11) is 0. The van der Waals surface area contributed by atoms with Gasteiger partial charge in [-0.15, -0.1) is 0 Å². The molecule has 0 aliphatic rings. The highest BCUT2D eigenvalue weighted by atomic mass is 16.6. The molecule has 0 radical (unpaired) electrons. The molecule has 0 bridgehead atoms. The van der Waals surface area contributed by atoms with Crippen LogP contribution in [-0.2, 0) is 0 Å². The van der Waals surface area contributed by atoms with Crippen molar-refractivity contribution < 1.29 is 10.0 Å². The van der Waals surface area contributed by atoms with Gasteiger partial charge in [0.25, 0.3) is 5.69 Å². The van der Waals surface area contributed by atoms with Crippen LogP contribution in [0.25, 0.3) is 10.8 Å². The van der Waals surface area contributed by atoms with E-state index in [4.69, 9.17) is 0 Å². The molecule has 0 amide bonds. The van der Waals surface area contributed by atoms with E-state index in [-0.39, 0.29) is 18.3 Å². The molecule has 6 nitrogen and oxygen atoms in total. The van der Waals surface area contributed by atoms with Gasteiger partial charge in [-0.2, -0.15) is 0 Å². The Hall–Kier alpha value is -2.99. The van der Waals surface area contributed by atoms with E-state index in [1.165, 1.54) is 12.3 Å². The van der Waals surface area contributed by atoms with Gasteiger partial charge in [0.15, 0.2) is 0 Å². The van der Waals surface area contributed by atoms with Crippen LogP contribution >= 0.6 is 0 Å². The standard InChI is InChI=1S/C17H15N3O3/c21-11-16(12-4-2-1-3-5-12)19-15-6-7-17(20(22)23)14-10-18-9-8-13(14)15/h1-10,16,19,21H,11H2. The van der Waals surface area contributed by atoms with E-state index in [1.54, 1.807) is 18.3 Å². The highest BCUT2D eigenvalue weighted by Crippen LogP contribution is 2.32. The van der Waals surface area contributed by atoms with Gasteiger partial charge < -0.3 is 10.4 Å². The molecule has 0 aliphatic carbocycles. The van der Waals surface area contributed by atoms with Gasteiger partial charge in [0.05, 0.1) is 23.0 Å². The number of hydrogen-bond donors (Lipinski definition) is 2. The molecule has 1 atom stereocenters. The van der Waals surface area contributed by atoms with Crippen LogP contribution in [-0.4, -0.2) is 21.6 Å². The number of aliphatic hydroxyl groups excluding tert-OH is 1. The Morgan fingerprint density at radius 1 is 1.13 bits per heavy atom. The van der Waals surface area contributed by atoms with Crippen molar-refractivity contribution in [2.24, 2.45) is 0 Å². The van der Waals surface area contributed by atoms with Crippen molar-refractivity contribution in [2.75, 3.05) is 11.9 Å². The first-order chi connectivity index (χ1) is 11.2. The number of non-ortho nitro benzene ring substituents is 1. The molecular formula is C17H15N3O3. The molecule has 0 fully saturated rings. The Bertz CT molecular complexity index is 837. The number of nitrogens with zero attached hydrogens (tertiary/aromatic N) is 2. The topological polar surface area (TPSA) is 88.3 Å². The van der Waals surface area contributed by atoms with E-state index in [0.717, 1.165) is 11.3 Å². The molecular weight excluding hydrogens is 294 g/mol. The number of nitrogens with one attached hydrogen (secondary N) is 1. The van der Waals surface area contributed by atoms with Gasteiger partial charge in [-0.25, -0.2) is 0 Å². The molecule has 6 heteroatoms. The van der Waals surface area contributed by atoms with Crippen LogP contribution < -0.4 is 5.32 Å². The highest BCUT2D eigenvalue weighted by Gasteiger charge is 2.17. The van der Waals surface area contributed by atoms with Crippen LogP contribution in [0.2, 0.25) is 0 Å². The van der Waals surface area contributed by atoms with Crippen molar-refractivity contribution in [3.05, 3.63) is 76.6 Å². The van der Waals surface area contributed by atoms with Crippen LogP contribution in [0, 0.1) is 10.1 Å². The second-order valence-electron chi connectivity index (χ2n) is 5.10. The third-order valence-corrected chi connectivity index (χ3v) is 3.71. The number of nitro groups is 1. The molecule has 3 aromatic rings. The molecule has 23 heavy (non-hydrogen) atoms. The van der Waals surface area contributed by atoms with Crippen LogP contribution in [0.5, 0.6) is 0 Å². The van der Waals surface area contributed by atoms with Crippen molar-refractivity contribution in [2.45, 2.75) is 6.04 Å². The Kier molecular flexibility index (Phi) is 4.16. The molecule has 1 aromatic heterocycles. The third kappa shape index (κ3) is 2.97. The van der Waals surface area contributed by atoms with Gasteiger partial charge in [-0.3, -0.25) is 15.1 Å². The monoisotopic (exact) mass is 309 g/mol. The highest BCUT2D eigenvalue weighted by molar-refractivity contribution is 5.99. The minimum absolute atomic E-state index is 0.0129. The number of aromatic nitrogens is 1. The summed E-state index contributed by atoms with van der Waals surface area (Å²) < 4.78 is 0. The number of fused-ring (bicyclic) bond motifs is 1. The second-order valence-corrected chi connectivity index (χ2v) is 5.10. The molecule has 3 rings (SSSR count). The Balaban J connectivity index is 2.03. The predicted octanol–water partition coefficient (Wildman–Crippen LogP) is 3.29. The Morgan fingerprint density at radius 3 is 2.61 bits per heavy atom. The minimum atomic E-state index is -0.422. The van der Waals surface area contributed by atoms with Gasteiger partial charge >= 0.3 is 0 Å². The minimum Gasteiger partial charge on any atom is -0.394 e. The number of rotatable bonds is 5. The zero-order valence-electron chi connectivity index (χ0n) is 12.2. The van der Waals surface area contributed by atoms with Crippen molar-refractivity contribution in [1.29, 1.82) is 0 Å². The maximum Gasteiger partial charge on any atom is 0.278 e. The summed E-state index contributed by atoms with van der Waals surface area (Å²) in [5.41, 5.74) is 1.67. The number of hydrogen-bond acceptors (Lipinski definition) is 5. The Labute approximate surface area is 132 Å². The fourth-order valence-electron chi connectivity index (χ4n) is 2.57. The zero-order valence-corrected chi connectivity index (χ0v) is 12.2. The van der Waals surface area contributed by atoms with Crippen molar-refractivity contribution in [3.8, 4) is 0 Å². The summed E-state index contributed by atoms with van der Waals surface area (Å²) in [5.74, 6) is 0. The summed E-state index contributed by atoms with van der Waals surface area (Å²) >= 11 is 0. The molecule has 0 saturated carbocycles. The van der Waals surface area contributed by atoms with E-state index >= 15 is 0 Å². The van der Waals surface area contributed by atoms with Gasteiger partial charge in [0.1, 0.15) is 0 Å². The SMILES string of the molecule is O=[N+]([O-])c1ccc(NC(CO)c2ccccc2)c2ccncc12. The molecule has 116 valence electrons. The van der Waals surface area contributed by atoms with Gasteiger partial charge in [-0.1, -0.05) is 30.3 Å². The van der Waals surface area contributed by atoms with Crippen molar-refractivity contribution in [3.63, 3.8) is 0 Å². The quantitative estimate of drug-likeness (QED) is 0.557. The largest absolute Gasteiger partial charge is 0.394 e. The van der Waals surface area contributed by atoms with E-state index < -0.39 is 4.92 Å². The summed E-state index contributed by atoms with van der Waals surface area (Å²) in [6, 6.07) is 14.1. The first-order valence-electron chi connectivity index (χ1n) is 7.14. The lowest BCUT2D eigenvalue weighted by atomic mass is 10.1. The van der Waals surface area contributed by atoms with Gasteiger partial charge in [0, 0.05) is 29.5 Å². The second kappa shape index (κ2) is 6.41. The van der Waals surface area contributed by atoms with Crippen molar-refractivity contribution >= 4 is 22.1 Å². The fraction of sp³-hybridized carbons (Fsp3) is 0.118. The number of nitro benzene ring substituents is 1. The zero-order chi connectivity index (χ0) is 16.2. The molecule has 1 heterocycles. The summed E-state index contributed by atoms with van der Waals surface area (Å²) in [5, 5.41) is 25.2. The Morgan fingerprint density at radius 2 is 1.91 bits per heavy atom. The van der Waals surface area contributed by atoms with E-state index in [2.05, 4.69) is 10.3 Å². The van der Waals surface area contributed by atoms with Crippen molar-refractivity contribution in [1.82, 2.24) is 4.98 Å². The molecule has 1 unspecified atom stereocenters. The first kappa shape index (κ1) is 14.9. The van der Waals surface area contributed by atoms with Crippen LogP contribution in [0.1, 0.15) is 11.6 Å². The number of aliphatic hydroxyl groups is 1.